The first-order valence-electron chi connectivity index (χ1n) is 6.97. The molecule has 0 bridgehead atoms. The lowest BCUT2D eigenvalue weighted by Gasteiger charge is -2.15. The van der Waals surface area contributed by atoms with Crippen LogP contribution in [0, 0.1) is 6.92 Å². The maximum Gasteiger partial charge on any atom is 0.227 e. The summed E-state index contributed by atoms with van der Waals surface area (Å²) in [6, 6.07) is 7.84. The number of nitrogens with two attached hydrogens (primary N) is 1. The summed E-state index contributed by atoms with van der Waals surface area (Å²) in [6.45, 7) is 5.92. The molecule has 0 spiro atoms. The molecule has 0 amide bonds. The van der Waals surface area contributed by atoms with Gasteiger partial charge in [0.25, 0.3) is 0 Å². The molecule has 0 saturated heterocycles. The number of hydrogen-bond donors (Lipinski definition) is 1. The van der Waals surface area contributed by atoms with Crippen molar-refractivity contribution in [2.24, 2.45) is 0 Å². The molecule has 1 heterocycles. The first-order valence-corrected chi connectivity index (χ1v) is 6.97. The lowest BCUT2D eigenvalue weighted by Crippen LogP contribution is -2.09. The van der Waals surface area contributed by atoms with Gasteiger partial charge in [0, 0.05) is 31.8 Å². The van der Waals surface area contributed by atoms with Crippen LogP contribution in [0.3, 0.4) is 0 Å². The highest BCUT2D eigenvalue weighted by molar-refractivity contribution is 5.51. The van der Waals surface area contributed by atoms with E-state index in [1.165, 1.54) is 0 Å². The highest BCUT2D eigenvalue weighted by atomic mass is 16.5. The summed E-state index contributed by atoms with van der Waals surface area (Å²) < 4.78 is 5.91. The fraction of sp³-hybridized carbons (Fsp3) is 0.375. The van der Waals surface area contributed by atoms with E-state index in [9.17, 15) is 0 Å². The second-order valence-corrected chi connectivity index (χ2v) is 5.55. The van der Waals surface area contributed by atoms with E-state index in [-0.39, 0.29) is 5.92 Å². The van der Waals surface area contributed by atoms with Crippen LogP contribution >= 0.6 is 0 Å². The van der Waals surface area contributed by atoms with Crippen LogP contribution in [0.25, 0.3) is 0 Å². The number of ether oxygens (including phenoxy) is 1. The molecule has 0 radical (unpaired) electrons. The predicted molar refractivity (Wildman–Crippen MR) is 86.1 cm³/mol. The van der Waals surface area contributed by atoms with Crippen molar-refractivity contribution in [1.82, 2.24) is 9.97 Å². The van der Waals surface area contributed by atoms with E-state index in [4.69, 9.17) is 10.5 Å². The van der Waals surface area contributed by atoms with Crippen molar-refractivity contribution >= 4 is 11.5 Å². The van der Waals surface area contributed by atoms with E-state index in [0.29, 0.717) is 17.5 Å². The molecular weight excluding hydrogens is 264 g/mol. The van der Waals surface area contributed by atoms with Crippen LogP contribution in [0.5, 0.6) is 11.6 Å². The Kier molecular flexibility index (Phi) is 4.31. The Hall–Kier alpha value is -2.30. The summed E-state index contributed by atoms with van der Waals surface area (Å²) in [5, 5.41) is 0. The third kappa shape index (κ3) is 3.42. The van der Waals surface area contributed by atoms with Gasteiger partial charge in [-0.15, -0.1) is 0 Å². The molecule has 0 saturated carbocycles. The van der Waals surface area contributed by atoms with Crippen LogP contribution in [0.15, 0.2) is 24.3 Å². The van der Waals surface area contributed by atoms with Crippen molar-refractivity contribution in [3.8, 4) is 11.6 Å². The van der Waals surface area contributed by atoms with E-state index in [2.05, 4.69) is 9.97 Å². The smallest absolute Gasteiger partial charge is 0.227 e. The van der Waals surface area contributed by atoms with Gasteiger partial charge >= 0.3 is 0 Å². The van der Waals surface area contributed by atoms with Crippen LogP contribution in [0.1, 0.15) is 31.2 Å². The number of anilines is 2. The predicted octanol–water partition coefficient (Wildman–Crippen LogP) is 3.35. The summed E-state index contributed by atoms with van der Waals surface area (Å²) in [5.74, 6) is 2.60. The summed E-state index contributed by atoms with van der Waals surface area (Å²) in [4.78, 5) is 10.8. The Balaban J connectivity index is 2.37. The van der Waals surface area contributed by atoms with Crippen molar-refractivity contribution in [3.63, 3.8) is 0 Å². The third-order valence-corrected chi connectivity index (χ3v) is 3.22. The second kappa shape index (κ2) is 5.99. The molecule has 112 valence electrons. The van der Waals surface area contributed by atoms with Crippen molar-refractivity contribution in [3.05, 3.63) is 35.7 Å². The van der Waals surface area contributed by atoms with Gasteiger partial charge in [0.2, 0.25) is 5.88 Å². The quantitative estimate of drug-likeness (QED) is 0.933. The van der Waals surface area contributed by atoms with Crippen LogP contribution in [-0.4, -0.2) is 24.1 Å². The van der Waals surface area contributed by atoms with Crippen molar-refractivity contribution in [1.29, 1.82) is 0 Å². The molecule has 1 aromatic carbocycles. The Bertz CT molecular complexity index is 638. The van der Waals surface area contributed by atoms with E-state index in [1.54, 1.807) is 0 Å². The van der Waals surface area contributed by atoms with Gasteiger partial charge in [-0.2, -0.15) is 4.98 Å². The minimum absolute atomic E-state index is 0.198. The molecule has 0 aliphatic rings. The first kappa shape index (κ1) is 15.1. The molecule has 2 aromatic rings. The standard InChI is InChI=1S/C16H22N4O/c1-10(2)15-18-14(17)11(3)16(19-15)21-13-8-6-7-12(9-13)20(4)5/h6-10H,1-5H3,(H2,17,18,19). The Morgan fingerprint density at radius 1 is 1.19 bits per heavy atom. The van der Waals surface area contributed by atoms with Gasteiger partial charge in [0.05, 0.1) is 5.56 Å². The van der Waals surface area contributed by atoms with Crippen LogP contribution in [-0.2, 0) is 0 Å². The zero-order valence-corrected chi connectivity index (χ0v) is 13.2. The minimum Gasteiger partial charge on any atom is -0.438 e. The third-order valence-electron chi connectivity index (χ3n) is 3.22. The second-order valence-electron chi connectivity index (χ2n) is 5.55. The number of hydrogen-bond acceptors (Lipinski definition) is 5. The number of aromatic nitrogens is 2. The molecule has 2 N–H and O–H groups in total. The molecule has 21 heavy (non-hydrogen) atoms. The lowest BCUT2D eigenvalue weighted by atomic mass is 10.2. The van der Waals surface area contributed by atoms with Crippen LogP contribution < -0.4 is 15.4 Å². The molecule has 0 aliphatic heterocycles. The van der Waals surface area contributed by atoms with Gasteiger partial charge in [0.1, 0.15) is 17.4 Å². The number of benzene rings is 1. The molecule has 2 rings (SSSR count). The van der Waals surface area contributed by atoms with E-state index >= 15 is 0 Å². The minimum atomic E-state index is 0.198. The summed E-state index contributed by atoms with van der Waals surface area (Å²) in [7, 11) is 3.98. The fourth-order valence-electron chi connectivity index (χ4n) is 1.82. The molecule has 5 heteroatoms. The summed E-state index contributed by atoms with van der Waals surface area (Å²) in [6.07, 6.45) is 0. The Morgan fingerprint density at radius 3 is 2.52 bits per heavy atom. The van der Waals surface area contributed by atoms with Gasteiger partial charge in [-0.05, 0) is 19.1 Å². The molecule has 0 atom stereocenters. The number of rotatable bonds is 4. The average molecular weight is 286 g/mol. The molecular formula is C16H22N4O. The average Bonchev–Trinajstić information content (AvgIpc) is 2.43. The fourth-order valence-corrected chi connectivity index (χ4v) is 1.82. The van der Waals surface area contributed by atoms with Crippen LogP contribution in [0.4, 0.5) is 11.5 Å². The number of nitrogens with zero attached hydrogens (tertiary/aromatic N) is 3. The van der Waals surface area contributed by atoms with Crippen molar-refractivity contribution < 1.29 is 4.74 Å². The lowest BCUT2D eigenvalue weighted by molar-refractivity contribution is 0.453. The molecule has 5 nitrogen and oxygen atoms in total. The molecule has 0 unspecified atom stereocenters. The topological polar surface area (TPSA) is 64.3 Å². The Morgan fingerprint density at radius 2 is 1.90 bits per heavy atom. The monoisotopic (exact) mass is 286 g/mol. The molecule has 1 aromatic heterocycles. The zero-order valence-electron chi connectivity index (χ0n) is 13.2. The molecule has 0 aliphatic carbocycles. The normalized spacial score (nSPS) is 10.8. The number of nitrogen functional groups attached to an aromatic ring is 1. The van der Waals surface area contributed by atoms with Gasteiger partial charge in [-0.3, -0.25) is 0 Å². The first-order chi connectivity index (χ1) is 9.88. The van der Waals surface area contributed by atoms with E-state index in [0.717, 1.165) is 17.0 Å². The molecule has 0 fully saturated rings. The largest absolute Gasteiger partial charge is 0.438 e. The Labute approximate surface area is 125 Å². The highest BCUT2D eigenvalue weighted by Gasteiger charge is 2.13. The zero-order chi connectivity index (χ0) is 15.6. The highest BCUT2D eigenvalue weighted by Crippen LogP contribution is 2.29. The van der Waals surface area contributed by atoms with E-state index in [1.807, 2.05) is 64.0 Å². The van der Waals surface area contributed by atoms with Gasteiger partial charge in [-0.25, -0.2) is 4.98 Å². The van der Waals surface area contributed by atoms with E-state index < -0.39 is 0 Å². The van der Waals surface area contributed by atoms with Gasteiger partial charge in [-0.1, -0.05) is 19.9 Å². The van der Waals surface area contributed by atoms with Crippen molar-refractivity contribution in [2.45, 2.75) is 26.7 Å². The summed E-state index contributed by atoms with van der Waals surface area (Å²) in [5.41, 5.74) is 7.78. The van der Waals surface area contributed by atoms with Crippen molar-refractivity contribution in [2.75, 3.05) is 24.7 Å². The van der Waals surface area contributed by atoms with Gasteiger partial charge in [0.15, 0.2) is 0 Å². The maximum atomic E-state index is 5.95. The van der Waals surface area contributed by atoms with Crippen LogP contribution in [0.2, 0.25) is 0 Å². The SMILES string of the molecule is Cc1c(N)nc(C(C)C)nc1Oc1cccc(N(C)C)c1. The van der Waals surface area contributed by atoms with Gasteiger partial charge < -0.3 is 15.4 Å². The maximum absolute atomic E-state index is 5.95. The summed E-state index contributed by atoms with van der Waals surface area (Å²) >= 11 is 0.